The van der Waals surface area contributed by atoms with E-state index in [2.05, 4.69) is 5.32 Å². The van der Waals surface area contributed by atoms with Crippen LogP contribution in [0.15, 0.2) is 24.3 Å². The number of nitrogens with one attached hydrogen (secondary N) is 1. The molecule has 0 spiro atoms. The van der Waals surface area contributed by atoms with Gasteiger partial charge in [0.25, 0.3) is 5.91 Å². The van der Waals surface area contributed by atoms with Gasteiger partial charge in [0.1, 0.15) is 5.75 Å². The Labute approximate surface area is 106 Å². The molecule has 0 aliphatic rings. The highest BCUT2D eigenvalue weighted by Crippen LogP contribution is 2.15. The Morgan fingerprint density at radius 3 is 2.53 bits per heavy atom. The third-order valence-corrected chi connectivity index (χ3v) is 2.31. The minimum absolute atomic E-state index is 0.0922. The Kier molecular flexibility index (Phi) is 4.78. The van der Waals surface area contributed by atoms with Gasteiger partial charge in [0, 0.05) is 5.02 Å². The maximum absolute atomic E-state index is 11.5. The monoisotopic (exact) mass is 257 g/mol. The topological polar surface area (TPSA) is 58.6 Å². The molecule has 0 saturated heterocycles. The van der Waals surface area contributed by atoms with Gasteiger partial charge in [-0.2, -0.15) is 0 Å². The molecule has 0 unspecified atom stereocenters. The van der Waals surface area contributed by atoms with Gasteiger partial charge in [0.05, 0.1) is 12.1 Å². The lowest BCUT2D eigenvalue weighted by Gasteiger charge is -2.23. The fraction of sp³-hybridized carbons (Fsp3) is 0.417. The zero-order valence-corrected chi connectivity index (χ0v) is 10.6. The van der Waals surface area contributed by atoms with Crippen LogP contribution in [0.1, 0.15) is 13.8 Å². The number of rotatable bonds is 5. The quantitative estimate of drug-likeness (QED) is 0.843. The van der Waals surface area contributed by atoms with Crippen LogP contribution in [-0.2, 0) is 4.79 Å². The zero-order valence-electron chi connectivity index (χ0n) is 9.87. The van der Waals surface area contributed by atoms with E-state index in [1.165, 1.54) is 0 Å². The Hall–Kier alpha value is -1.26. The SMILES string of the molecule is CC(C)(CO)NC(=O)COc1ccc(Cl)cc1. The van der Waals surface area contributed by atoms with E-state index in [-0.39, 0.29) is 19.1 Å². The van der Waals surface area contributed by atoms with E-state index in [1.54, 1.807) is 38.1 Å². The van der Waals surface area contributed by atoms with Gasteiger partial charge in [-0.05, 0) is 38.1 Å². The molecule has 0 radical (unpaired) electrons. The Bertz CT molecular complexity index is 376. The van der Waals surface area contributed by atoms with Crippen molar-refractivity contribution in [2.24, 2.45) is 0 Å². The molecule has 0 fully saturated rings. The standard InChI is InChI=1S/C12H16ClNO3/c1-12(2,8-15)14-11(16)7-17-10-5-3-9(13)4-6-10/h3-6,15H,7-8H2,1-2H3,(H,14,16). The van der Waals surface area contributed by atoms with E-state index in [4.69, 9.17) is 21.4 Å². The molecule has 0 aromatic heterocycles. The van der Waals surface area contributed by atoms with Crippen molar-refractivity contribution in [2.45, 2.75) is 19.4 Å². The summed E-state index contributed by atoms with van der Waals surface area (Å²) in [6.07, 6.45) is 0. The van der Waals surface area contributed by atoms with Crippen molar-refractivity contribution in [1.29, 1.82) is 0 Å². The smallest absolute Gasteiger partial charge is 0.258 e. The largest absolute Gasteiger partial charge is 0.484 e. The molecular weight excluding hydrogens is 242 g/mol. The first-order valence-electron chi connectivity index (χ1n) is 5.23. The van der Waals surface area contributed by atoms with Crippen molar-refractivity contribution in [3.8, 4) is 5.75 Å². The number of halogens is 1. The number of aliphatic hydroxyl groups excluding tert-OH is 1. The summed E-state index contributed by atoms with van der Waals surface area (Å²) < 4.78 is 5.26. The highest BCUT2D eigenvalue weighted by atomic mass is 35.5. The van der Waals surface area contributed by atoms with Gasteiger partial charge in [-0.1, -0.05) is 11.6 Å². The third-order valence-electron chi connectivity index (χ3n) is 2.06. The lowest BCUT2D eigenvalue weighted by atomic mass is 10.1. The van der Waals surface area contributed by atoms with Crippen LogP contribution in [0.4, 0.5) is 0 Å². The van der Waals surface area contributed by atoms with Gasteiger partial charge < -0.3 is 15.2 Å². The number of amides is 1. The molecule has 1 aromatic carbocycles. The van der Waals surface area contributed by atoms with E-state index in [1.807, 2.05) is 0 Å². The Balaban J connectivity index is 2.41. The number of carbonyl (C=O) groups excluding carboxylic acids is 1. The zero-order chi connectivity index (χ0) is 12.9. The van der Waals surface area contributed by atoms with Crippen LogP contribution in [0.2, 0.25) is 5.02 Å². The van der Waals surface area contributed by atoms with Crippen molar-refractivity contribution in [3.05, 3.63) is 29.3 Å². The van der Waals surface area contributed by atoms with Gasteiger partial charge >= 0.3 is 0 Å². The summed E-state index contributed by atoms with van der Waals surface area (Å²) in [5, 5.41) is 12.3. The van der Waals surface area contributed by atoms with Gasteiger partial charge in [-0.15, -0.1) is 0 Å². The van der Waals surface area contributed by atoms with Gasteiger partial charge in [0.2, 0.25) is 0 Å². The van der Waals surface area contributed by atoms with Crippen LogP contribution >= 0.6 is 11.6 Å². The lowest BCUT2D eigenvalue weighted by molar-refractivity contribution is -0.125. The van der Waals surface area contributed by atoms with Crippen molar-refractivity contribution in [3.63, 3.8) is 0 Å². The first-order valence-corrected chi connectivity index (χ1v) is 5.61. The maximum atomic E-state index is 11.5. The van der Waals surface area contributed by atoms with Crippen molar-refractivity contribution >= 4 is 17.5 Å². The van der Waals surface area contributed by atoms with Crippen LogP contribution in [-0.4, -0.2) is 29.8 Å². The summed E-state index contributed by atoms with van der Waals surface area (Å²) in [5.41, 5.74) is -0.638. The fourth-order valence-electron chi connectivity index (χ4n) is 1.13. The average Bonchev–Trinajstić information content (AvgIpc) is 2.28. The fourth-order valence-corrected chi connectivity index (χ4v) is 1.26. The summed E-state index contributed by atoms with van der Waals surface area (Å²) in [6.45, 7) is 3.24. The molecule has 1 rings (SSSR count). The van der Waals surface area contributed by atoms with Crippen LogP contribution < -0.4 is 10.1 Å². The number of hydrogen-bond donors (Lipinski definition) is 2. The van der Waals surface area contributed by atoms with E-state index in [0.29, 0.717) is 10.8 Å². The van der Waals surface area contributed by atoms with Crippen molar-refractivity contribution < 1.29 is 14.6 Å². The Morgan fingerprint density at radius 1 is 1.41 bits per heavy atom. The number of hydrogen-bond acceptors (Lipinski definition) is 3. The molecular formula is C12H16ClNO3. The Morgan fingerprint density at radius 2 is 2.00 bits per heavy atom. The second-order valence-electron chi connectivity index (χ2n) is 4.33. The first-order chi connectivity index (χ1) is 7.93. The maximum Gasteiger partial charge on any atom is 0.258 e. The molecule has 5 heteroatoms. The molecule has 0 aliphatic heterocycles. The predicted octanol–water partition coefficient (Wildman–Crippen LogP) is 1.61. The van der Waals surface area contributed by atoms with Gasteiger partial charge in [-0.3, -0.25) is 4.79 Å². The molecule has 4 nitrogen and oxygen atoms in total. The normalized spacial score (nSPS) is 11.1. The van der Waals surface area contributed by atoms with E-state index in [9.17, 15) is 4.79 Å². The van der Waals surface area contributed by atoms with Crippen LogP contribution in [0, 0.1) is 0 Å². The average molecular weight is 258 g/mol. The summed E-state index contributed by atoms with van der Waals surface area (Å²) >= 11 is 5.72. The number of ether oxygens (including phenoxy) is 1. The minimum atomic E-state index is -0.638. The van der Waals surface area contributed by atoms with Crippen molar-refractivity contribution in [2.75, 3.05) is 13.2 Å². The molecule has 0 heterocycles. The summed E-state index contributed by atoms with van der Waals surface area (Å²) in [5.74, 6) is 0.297. The van der Waals surface area contributed by atoms with Gasteiger partial charge in [0.15, 0.2) is 6.61 Å². The highest BCUT2D eigenvalue weighted by Gasteiger charge is 2.19. The molecule has 0 saturated carbocycles. The molecule has 0 bridgehead atoms. The number of aliphatic hydroxyl groups is 1. The number of benzene rings is 1. The predicted molar refractivity (Wildman–Crippen MR) is 66.3 cm³/mol. The molecule has 17 heavy (non-hydrogen) atoms. The third kappa shape index (κ3) is 5.06. The lowest BCUT2D eigenvalue weighted by Crippen LogP contribution is -2.48. The second-order valence-corrected chi connectivity index (χ2v) is 4.77. The van der Waals surface area contributed by atoms with E-state index < -0.39 is 5.54 Å². The van der Waals surface area contributed by atoms with E-state index >= 15 is 0 Å². The molecule has 94 valence electrons. The molecule has 1 aromatic rings. The molecule has 0 aliphatic carbocycles. The summed E-state index contributed by atoms with van der Waals surface area (Å²) in [6, 6.07) is 6.75. The molecule has 1 amide bonds. The van der Waals surface area contributed by atoms with Crippen LogP contribution in [0.3, 0.4) is 0 Å². The van der Waals surface area contributed by atoms with Crippen molar-refractivity contribution in [1.82, 2.24) is 5.32 Å². The van der Waals surface area contributed by atoms with Crippen LogP contribution in [0.25, 0.3) is 0 Å². The summed E-state index contributed by atoms with van der Waals surface area (Å²) in [7, 11) is 0. The molecule has 0 atom stereocenters. The second kappa shape index (κ2) is 5.89. The highest BCUT2D eigenvalue weighted by molar-refractivity contribution is 6.30. The summed E-state index contributed by atoms with van der Waals surface area (Å²) in [4.78, 5) is 11.5. The first kappa shape index (κ1) is 13.8. The number of carbonyl (C=O) groups is 1. The molecule has 2 N–H and O–H groups in total. The van der Waals surface area contributed by atoms with Gasteiger partial charge in [-0.25, -0.2) is 0 Å². The van der Waals surface area contributed by atoms with E-state index in [0.717, 1.165) is 0 Å². The van der Waals surface area contributed by atoms with Crippen LogP contribution in [0.5, 0.6) is 5.75 Å². The minimum Gasteiger partial charge on any atom is -0.484 e.